The second-order valence-electron chi connectivity index (χ2n) is 2.17. The fraction of sp³-hybridized carbons (Fsp3) is 0.667. The average molecular weight is 118 g/mol. The summed E-state index contributed by atoms with van der Waals surface area (Å²) in [5.74, 6) is -1.18. The van der Waals surface area contributed by atoms with E-state index < -0.39 is 5.85 Å². The van der Waals surface area contributed by atoms with Gasteiger partial charge in [0.2, 0.25) is 5.85 Å². The molecule has 0 atom stereocenters. The van der Waals surface area contributed by atoms with Crippen molar-refractivity contribution < 1.29 is 9.13 Å². The van der Waals surface area contributed by atoms with E-state index in [1.807, 2.05) is 0 Å². The molecule has 0 fully saturated rings. The van der Waals surface area contributed by atoms with Crippen LogP contribution in [0.1, 0.15) is 20.8 Å². The molecule has 0 aliphatic carbocycles. The van der Waals surface area contributed by atoms with Crippen LogP contribution in [0.5, 0.6) is 0 Å². The fourth-order valence-corrected chi connectivity index (χ4v) is 0.414. The molecule has 0 saturated carbocycles. The van der Waals surface area contributed by atoms with E-state index in [-0.39, 0.29) is 0 Å². The molecular formula is C6H11FO. The van der Waals surface area contributed by atoms with Crippen molar-refractivity contribution in [1.29, 1.82) is 0 Å². The van der Waals surface area contributed by atoms with Crippen LogP contribution in [-0.2, 0) is 4.74 Å². The van der Waals surface area contributed by atoms with Gasteiger partial charge in [-0.05, 0) is 6.92 Å². The van der Waals surface area contributed by atoms with Gasteiger partial charge in [0.05, 0.1) is 5.76 Å². The van der Waals surface area contributed by atoms with E-state index in [1.165, 1.54) is 13.8 Å². The van der Waals surface area contributed by atoms with E-state index in [9.17, 15) is 4.39 Å². The highest BCUT2D eigenvalue weighted by Crippen LogP contribution is 2.13. The maximum Gasteiger partial charge on any atom is 0.242 e. The van der Waals surface area contributed by atoms with Gasteiger partial charge in [0.25, 0.3) is 0 Å². The maximum atomic E-state index is 12.4. The number of halogens is 1. The molecule has 48 valence electrons. The first-order chi connectivity index (χ1) is 3.42. The molecule has 0 aliphatic heterocycles. The normalized spacial score (nSPS) is 11.0. The predicted octanol–water partition coefficient (Wildman–Crippen LogP) is 2.24. The summed E-state index contributed by atoms with van der Waals surface area (Å²) in [5.41, 5.74) is 0. The van der Waals surface area contributed by atoms with Crippen molar-refractivity contribution in [2.75, 3.05) is 0 Å². The molecule has 8 heavy (non-hydrogen) atoms. The van der Waals surface area contributed by atoms with E-state index in [0.717, 1.165) is 0 Å². The number of hydrogen-bond acceptors (Lipinski definition) is 1. The summed E-state index contributed by atoms with van der Waals surface area (Å²) in [6, 6.07) is 0. The van der Waals surface area contributed by atoms with Crippen molar-refractivity contribution in [2.24, 2.45) is 0 Å². The van der Waals surface area contributed by atoms with Crippen molar-refractivity contribution in [2.45, 2.75) is 26.6 Å². The monoisotopic (exact) mass is 118 g/mol. The van der Waals surface area contributed by atoms with Gasteiger partial charge < -0.3 is 4.74 Å². The third kappa shape index (κ3) is 5.47. The Bertz CT molecular complexity index is 91.2. The number of rotatable bonds is 2. The summed E-state index contributed by atoms with van der Waals surface area (Å²) in [5, 5.41) is 0. The van der Waals surface area contributed by atoms with Crippen molar-refractivity contribution >= 4 is 0 Å². The van der Waals surface area contributed by atoms with Crippen LogP contribution < -0.4 is 0 Å². The molecule has 0 heterocycles. The lowest BCUT2D eigenvalue weighted by Crippen LogP contribution is -2.15. The van der Waals surface area contributed by atoms with Crippen LogP contribution in [0.2, 0.25) is 0 Å². The van der Waals surface area contributed by atoms with Gasteiger partial charge in [0.15, 0.2) is 0 Å². The van der Waals surface area contributed by atoms with Crippen molar-refractivity contribution in [3.05, 3.63) is 12.3 Å². The SMILES string of the molecule is C=C(C)OC(C)(C)F. The Morgan fingerprint density at radius 2 is 2.00 bits per heavy atom. The minimum atomic E-state index is -1.58. The fourth-order valence-electron chi connectivity index (χ4n) is 0.414. The molecule has 0 radical (unpaired) electrons. The highest BCUT2D eigenvalue weighted by Gasteiger charge is 2.14. The molecule has 0 unspecified atom stereocenters. The first-order valence-electron chi connectivity index (χ1n) is 2.45. The molecule has 0 rings (SSSR count). The summed E-state index contributed by atoms with van der Waals surface area (Å²) < 4.78 is 16.9. The van der Waals surface area contributed by atoms with Gasteiger partial charge in [-0.25, -0.2) is 0 Å². The molecular weight excluding hydrogens is 107 g/mol. The standard InChI is InChI=1S/C6H11FO/c1-5(2)8-6(3,4)7/h1H2,2-4H3. The molecule has 0 amide bonds. The zero-order valence-corrected chi connectivity index (χ0v) is 5.49. The van der Waals surface area contributed by atoms with Gasteiger partial charge in [0, 0.05) is 13.8 Å². The molecule has 0 spiro atoms. The first-order valence-corrected chi connectivity index (χ1v) is 2.45. The Labute approximate surface area is 49.2 Å². The van der Waals surface area contributed by atoms with E-state index in [1.54, 1.807) is 6.92 Å². The van der Waals surface area contributed by atoms with Crippen molar-refractivity contribution in [1.82, 2.24) is 0 Å². The average Bonchev–Trinajstić information content (AvgIpc) is 1.21. The highest BCUT2D eigenvalue weighted by molar-refractivity contribution is 4.76. The maximum absolute atomic E-state index is 12.4. The van der Waals surface area contributed by atoms with Crippen LogP contribution >= 0.6 is 0 Å². The zero-order valence-electron chi connectivity index (χ0n) is 5.49. The minimum absolute atomic E-state index is 0.400. The third-order valence-corrected chi connectivity index (χ3v) is 0.417. The molecule has 0 bridgehead atoms. The molecule has 2 heteroatoms. The quantitative estimate of drug-likeness (QED) is 0.505. The lowest BCUT2D eigenvalue weighted by atomic mass is 10.4. The minimum Gasteiger partial charge on any atom is -0.464 e. The second-order valence-corrected chi connectivity index (χ2v) is 2.17. The van der Waals surface area contributed by atoms with Crippen molar-refractivity contribution in [3.8, 4) is 0 Å². The summed E-state index contributed by atoms with van der Waals surface area (Å²) in [4.78, 5) is 0. The smallest absolute Gasteiger partial charge is 0.242 e. The van der Waals surface area contributed by atoms with E-state index in [2.05, 4.69) is 11.3 Å². The summed E-state index contributed by atoms with van der Waals surface area (Å²) in [7, 11) is 0. The highest BCUT2D eigenvalue weighted by atomic mass is 19.2. The van der Waals surface area contributed by atoms with Gasteiger partial charge in [-0.3, -0.25) is 0 Å². The van der Waals surface area contributed by atoms with Crippen LogP contribution in [0.15, 0.2) is 12.3 Å². The Morgan fingerprint density at radius 1 is 1.62 bits per heavy atom. The number of ether oxygens (including phenoxy) is 1. The Kier molecular flexibility index (Phi) is 2.02. The molecule has 0 N–H and O–H groups in total. The molecule has 0 aromatic heterocycles. The van der Waals surface area contributed by atoms with Crippen LogP contribution in [0, 0.1) is 0 Å². The van der Waals surface area contributed by atoms with Gasteiger partial charge in [-0.2, -0.15) is 4.39 Å². The van der Waals surface area contributed by atoms with E-state index in [0.29, 0.717) is 5.76 Å². The summed E-state index contributed by atoms with van der Waals surface area (Å²) in [6.45, 7) is 7.66. The molecule has 1 nitrogen and oxygen atoms in total. The van der Waals surface area contributed by atoms with Gasteiger partial charge in [0.1, 0.15) is 0 Å². The number of hydrogen-bond donors (Lipinski definition) is 0. The predicted molar refractivity (Wildman–Crippen MR) is 31.1 cm³/mol. The van der Waals surface area contributed by atoms with E-state index >= 15 is 0 Å². The largest absolute Gasteiger partial charge is 0.464 e. The zero-order chi connectivity index (χ0) is 6.78. The topological polar surface area (TPSA) is 9.23 Å². The third-order valence-electron chi connectivity index (χ3n) is 0.417. The number of alkyl halides is 1. The number of allylic oxidation sites excluding steroid dienone is 1. The van der Waals surface area contributed by atoms with Crippen LogP contribution in [0.3, 0.4) is 0 Å². The summed E-state index contributed by atoms with van der Waals surface area (Å²) in [6.07, 6.45) is 0. The lowest BCUT2D eigenvalue weighted by Gasteiger charge is -2.15. The van der Waals surface area contributed by atoms with Gasteiger partial charge in [-0.1, -0.05) is 6.58 Å². The molecule has 0 aliphatic rings. The summed E-state index contributed by atoms with van der Waals surface area (Å²) >= 11 is 0. The van der Waals surface area contributed by atoms with Gasteiger partial charge >= 0.3 is 0 Å². The molecule has 0 aromatic carbocycles. The lowest BCUT2D eigenvalue weighted by molar-refractivity contribution is -0.0776. The Hall–Kier alpha value is -0.530. The van der Waals surface area contributed by atoms with Crippen LogP contribution in [-0.4, -0.2) is 5.85 Å². The Morgan fingerprint density at radius 3 is 2.00 bits per heavy atom. The Balaban J connectivity index is 3.55. The van der Waals surface area contributed by atoms with Crippen molar-refractivity contribution in [3.63, 3.8) is 0 Å². The van der Waals surface area contributed by atoms with Crippen LogP contribution in [0.25, 0.3) is 0 Å². The second kappa shape index (κ2) is 2.16. The van der Waals surface area contributed by atoms with E-state index in [4.69, 9.17) is 0 Å². The first kappa shape index (κ1) is 7.47. The van der Waals surface area contributed by atoms with Crippen LogP contribution in [0.4, 0.5) is 4.39 Å². The molecule has 0 aromatic rings. The molecule has 0 saturated heterocycles. The van der Waals surface area contributed by atoms with Gasteiger partial charge in [-0.15, -0.1) is 0 Å².